The van der Waals surface area contributed by atoms with Gasteiger partial charge < -0.3 is 15.1 Å². The van der Waals surface area contributed by atoms with Gasteiger partial charge in [0.05, 0.1) is 6.67 Å². The van der Waals surface area contributed by atoms with Crippen LogP contribution in [0.5, 0.6) is 0 Å². The highest BCUT2D eigenvalue weighted by atomic mass is 16.2. The van der Waals surface area contributed by atoms with Crippen LogP contribution in [-0.4, -0.2) is 42.6 Å². The van der Waals surface area contributed by atoms with Crippen molar-refractivity contribution in [3.63, 3.8) is 0 Å². The summed E-state index contributed by atoms with van der Waals surface area (Å²) in [5, 5.41) is 3.12. The fourth-order valence-electron chi connectivity index (χ4n) is 6.84. The molecule has 2 saturated heterocycles. The zero-order valence-corrected chi connectivity index (χ0v) is 19.5. The molecular formula is C26H41N3O. The minimum atomic E-state index is -0.341. The van der Waals surface area contributed by atoms with Gasteiger partial charge in [-0.1, -0.05) is 45.9 Å². The predicted octanol–water partition coefficient (Wildman–Crippen LogP) is 4.90. The predicted molar refractivity (Wildman–Crippen MR) is 124 cm³/mol. The smallest absolute Gasteiger partial charge is 0.247 e. The summed E-state index contributed by atoms with van der Waals surface area (Å²) in [5.41, 5.74) is 1.41. The van der Waals surface area contributed by atoms with E-state index in [4.69, 9.17) is 0 Å². The lowest BCUT2D eigenvalue weighted by molar-refractivity contribution is -0.125. The number of nitrogens with zero attached hydrogens (tertiary/aromatic N) is 2. The van der Waals surface area contributed by atoms with E-state index >= 15 is 0 Å². The van der Waals surface area contributed by atoms with E-state index in [2.05, 4.69) is 53.2 Å². The largest absolute Gasteiger partial charge is 0.339 e. The molecule has 1 amide bonds. The van der Waals surface area contributed by atoms with Crippen LogP contribution in [0.2, 0.25) is 0 Å². The van der Waals surface area contributed by atoms with Crippen molar-refractivity contribution < 1.29 is 4.79 Å². The van der Waals surface area contributed by atoms with Crippen molar-refractivity contribution >= 4 is 11.6 Å². The molecule has 1 aromatic rings. The highest BCUT2D eigenvalue weighted by Crippen LogP contribution is 2.62. The van der Waals surface area contributed by atoms with Crippen LogP contribution in [0.1, 0.15) is 66.2 Å². The number of piperidine rings is 1. The van der Waals surface area contributed by atoms with Crippen LogP contribution in [0.3, 0.4) is 0 Å². The summed E-state index contributed by atoms with van der Waals surface area (Å²) in [4.78, 5) is 17.7. The van der Waals surface area contributed by atoms with Gasteiger partial charge in [0.1, 0.15) is 5.54 Å². The van der Waals surface area contributed by atoms with Gasteiger partial charge in [-0.2, -0.15) is 0 Å². The average molecular weight is 412 g/mol. The van der Waals surface area contributed by atoms with Crippen molar-refractivity contribution in [1.29, 1.82) is 0 Å². The van der Waals surface area contributed by atoms with Gasteiger partial charge in [0.25, 0.3) is 0 Å². The molecule has 5 fully saturated rings. The summed E-state index contributed by atoms with van der Waals surface area (Å²) in [5.74, 6) is 3.10. The Morgan fingerprint density at radius 2 is 1.77 bits per heavy atom. The van der Waals surface area contributed by atoms with Crippen LogP contribution in [0.4, 0.5) is 5.69 Å². The van der Waals surface area contributed by atoms with Crippen LogP contribution in [-0.2, 0) is 4.79 Å². The number of benzene rings is 1. The summed E-state index contributed by atoms with van der Waals surface area (Å²) in [6.45, 7) is 12.9. The zero-order valence-electron chi connectivity index (χ0n) is 19.5. The van der Waals surface area contributed by atoms with Gasteiger partial charge in [-0.3, -0.25) is 4.79 Å². The molecule has 4 nitrogen and oxygen atoms in total. The maximum atomic E-state index is 12.8. The van der Waals surface area contributed by atoms with E-state index in [1.54, 1.807) is 0 Å². The molecule has 1 spiro atoms. The Bertz CT molecular complexity index is 721. The Labute approximate surface area is 183 Å². The molecular weight excluding hydrogens is 370 g/mol. The van der Waals surface area contributed by atoms with Gasteiger partial charge in [0, 0.05) is 18.8 Å². The van der Waals surface area contributed by atoms with Gasteiger partial charge in [-0.25, -0.2) is 0 Å². The molecule has 4 heteroatoms. The lowest BCUT2D eigenvalue weighted by Gasteiger charge is -2.60. The number of hydrogen-bond donors (Lipinski definition) is 1. The average Bonchev–Trinajstić information content (AvgIpc) is 3.11. The molecule has 1 aromatic carbocycles. The number of anilines is 1. The fraction of sp³-hybridized carbons (Fsp3) is 0.731. The number of fused-ring (bicyclic) bond motifs is 2. The molecule has 5 aliphatic rings. The molecule has 3 saturated carbocycles. The number of nitrogens with one attached hydrogen (secondary N) is 1. The first-order valence-corrected chi connectivity index (χ1v) is 12.3. The lowest BCUT2D eigenvalue weighted by atomic mass is 9.45. The molecule has 2 heterocycles. The summed E-state index contributed by atoms with van der Waals surface area (Å²) in [6.07, 6.45) is 7.60. The van der Waals surface area contributed by atoms with E-state index in [1.807, 2.05) is 19.9 Å². The summed E-state index contributed by atoms with van der Waals surface area (Å²) in [6, 6.07) is 10.4. The summed E-state index contributed by atoms with van der Waals surface area (Å²) in [7, 11) is 0. The number of carbonyl (C=O) groups excluding carboxylic acids is 1. The first kappa shape index (κ1) is 21.7. The molecule has 6 rings (SSSR count). The Kier molecular flexibility index (Phi) is 6.16. The normalized spacial score (nSPS) is 31.5. The maximum Gasteiger partial charge on any atom is 0.247 e. The molecule has 3 aliphatic carbocycles. The van der Waals surface area contributed by atoms with Gasteiger partial charge in [-0.15, -0.1) is 0 Å². The van der Waals surface area contributed by atoms with Crippen molar-refractivity contribution in [3.05, 3.63) is 30.3 Å². The molecule has 2 bridgehead atoms. The van der Waals surface area contributed by atoms with Crippen LogP contribution >= 0.6 is 0 Å². The third-order valence-corrected chi connectivity index (χ3v) is 8.91. The Morgan fingerprint density at radius 3 is 2.40 bits per heavy atom. The Morgan fingerprint density at radius 1 is 1.07 bits per heavy atom. The SMILES string of the molecule is CC.CC1(C)C2CCC(CCN3CCC4(CC3)C(=O)NCN4c3ccccc3)C1C2. The van der Waals surface area contributed by atoms with E-state index in [0.29, 0.717) is 12.1 Å². The topological polar surface area (TPSA) is 35.6 Å². The molecule has 166 valence electrons. The highest BCUT2D eigenvalue weighted by molar-refractivity contribution is 5.93. The monoisotopic (exact) mass is 411 g/mol. The van der Waals surface area contributed by atoms with E-state index in [1.165, 1.54) is 37.9 Å². The van der Waals surface area contributed by atoms with Crippen molar-refractivity contribution in [2.24, 2.45) is 23.2 Å². The van der Waals surface area contributed by atoms with E-state index < -0.39 is 0 Å². The number of amides is 1. The maximum absolute atomic E-state index is 12.8. The summed E-state index contributed by atoms with van der Waals surface area (Å²) < 4.78 is 0. The van der Waals surface area contributed by atoms with E-state index in [-0.39, 0.29) is 11.4 Å². The standard InChI is InChI=1S/C24H35N3O.C2H6/c1-23(2)19-9-8-18(21(23)16-19)10-13-26-14-11-24(12-15-26)22(28)25-17-27(24)20-6-4-3-5-7-20;1-2/h3-7,18-19,21H,8-17H2,1-2H3,(H,25,28);1-2H3. The lowest BCUT2D eigenvalue weighted by Crippen LogP contribution is -2.57. The van der Waals surface area contributed by atoms with Gasteiger partial charge in [0.2, 0.25) is 5.91 Å². The first-order chi connectivity index (χ1) is 14.5. The second-order valence-electron chi connectivity index (χ2n) is 10.3. The highest BCUT2D eigenvalue weighted by Gasteiger charge is 2.54. The second-order valence-corrected chi connectivity index (χ2v) is 10.3. The Hall–Kier alpha value is -1.55. The minimum Gasteiger partial charge on any atom is -0.339 e. The van der Waals surface area contributed by atoms with Crippen molar-refractivity contribution in [1.82, 2.24) is 10.2 Å². The quantitative estimate of drug-likeness (QED) is 0.765. The van der Waals surface area contributed by atoms with E-state index in [0.717, 1.165) is 43.7 Å². The zero-order chi connectivity index (χ0) is 21.4. The van der Waals surface area contributed by atoms with Crippen LogP contribution in [0, 0.1) is 23.2 Å². The molecule has 0 radical (unpaired) electrons. The molecule has 0 aromatic heterocycles. The number of hydrogen-bond acceptors (Lipinski definition) is 3. The fourth-order valence-corrected chi connectivity index (χ4v) is 6.84. The van der Waals surface area contributed by atoms with Gasteiger partial charge >= 0.3 is 0 Å². The van der Waals surface area contributed by atoms with Crippen molar-refractivity contribution in [2.75, 3.05) is 31.2 Å². The van der Waals surface area contributed by atoms with Crippen LogP contribution < -0.4 is 10.2 Å². The Balaban J connectivity index is 0.00000106. The van der Waals surface area contributed by atoms with E-state index in [9.17, 15) is 4.79 Å². The van der Waals surface area contributed by atoms with Gasteiger partial charge in [-0.05, 0) is 80.4 Å². The molecule has 3 atom stereocenters. The second kappa shape index (κ2) is 8.53. The molecule has 3 unspecified atom stereocenters. The number of rotatable bonds is 4. The summed E-state index contributed by atoms with van der Waals surface area (Å²) >= 11 is 0. The van der Waals surface area contributed by atoms with Crippen LogP contribution in [0.25, 0.3) is 0 Å². The van der Waals surface area contributed by atoms with Crippen molar-refractivity contribution in [3.8, 4) is 0 Å². The molecule has 1 N–H and O–H groups in total. The van der Waals surface area contributed by atoms with Crippen LogP contribution in [0.15, 0.2) is 30.3 Å². The van der Waals surface area contributed by atoms with Gasteiger partial charge in [0.15, 0.2) is 0 Å². The number of likely N-dealkylation sites (tertiary alicyclic amines) is 1. The number of carbonyl (C=O) groups is 1. The van der Waals surface area contributed by atoms with Crippen molar-refractivity contribution in [2.45, 2.75) is 71.8 Å². The third-order valence-electron chi connectivity index (χ3n) is 8.91. The molecule has 2 aliphatic heterocycles. The minimum absolute atomic E-state index is 0.227. The third kappa shape index (κ3) is 3.55. The number of para-hydroxylation sites is 1. The first-order valence-electron chi connectivity index (χ1n) is 12.3. The molecule has 30 heavy (non-hydrogen) atoms.